The van der Waals surface area contributed by atoms with E-state index < -0.39 is 0 Å². The van der Waals surface area contributed by atoms with Crippen LogP contribution in [0, 0.1) is 12.8 Å². The Bertz CT molecular complexity index is 2390. The molecule has 0 amide bonds. The van der Waals surface area contributed by atoms with E-state index in [1.165, 1.54) is 38.7 Å². The number of fused-ring (bicyclic) bond motifs is 5. The lowest BCUT2D eigenvalue weighted by molar-refractivity contribution is 0.527. The molecule has 2 aliphatic carbocycles. The Hall–Kier alpha value is -5.48. The molecule has 48 heavy (non-hydrogen) atoms. The molecule has 0 saturated heterocycles. The highest BCUT2D eigenvalue weighted by atomic mass is 15.2. The van der Waals surface area contributed by atoms with Crippen LogP contribution in [0.2, 0.25) is 0 Å². The first-order valence-corrected chi connectivity index (χ1v) is 17.1. The molecule has 4 nitrogen and oxygen atoms in total. The Labute approximate surface area is 281 Å². The van der Waals surface area contributed by atoms with Gasteiger partial charge in [-0.15, -0.1) is 0 Å². The van der Waals surface area contributed by atoms with Gasteiger partial charge in [0.05, 0.1) is 28.1 Å². The van der Waals surface area contributed by atoms with Crippen LogP contribution < -0.4 is 4.90 Å². The van der Waals surface area contributed by atoms with Gasteiger partial charge in [-0.05, 0) is 79.3 Å². The molecule has 0 saturated carbocycles. The van der Waals surface area contributed by atoms with Crippen molar-refractivity contribution in [3.05, 3.63) is 162 Å². The lowest BCUT2D eigenvalue weighted by Gasteiger charge is -2.34. The third kappa shape index (κ3) is 4.36. The molecule has 9 rings (SSSR count). The van der Waals surface area contributed by atoms with Crippen LogP contribution in [0.3, 0.4) is 0 Å². The average Bonchev–Trinajstić information content (AvgIpc) is 3.64. The van der Waals surface area contributed by atoms with E-state index in [1.54, 1.807) is 0 Å². The number of aryl methyl sites for hydroxylation is 1. The fourth-order valence-corrected chi connectivity index (χ4v) is 8.48. The fraction of sp³-hybridized carbons (Fsp3) is 0.182. The van der Waals surface area contributed by atoms with Crippen molar-refractivity contribution < 1.29 is 0 Å². The van der Waals surface area contributed by atoms with E-state index in [-0.39, 0.29) is 11.8 Å². The highest BCUT2D eigenvalue weighted by Crippen LogP contribution is 2.51. The van der Waals surface area contributed by atoms with Crippen LogP contribution in [0.4, 0.5) is 5.69 Å². The predicted molar refractivity (Wildman–Crippen MR) is 201 cm³/mol. The first-order chi connectivity index (χ1) is 23.6. The van der Waals surface area contributed by atoms with E-state index in [0.717, 1.165) is 52.6 Å². The lowest BCUT2D eigenvalue weighted by atomic mass is 9.84. The van der Waals surface area contributed by atoms with Gasteiger partial charge in [-0.25, -0.2) is 9.97 Å². The minimum atomic E-state index is 0.180. The smallest absolute Gasteiger partial charge is 0.235 e. The van der Waals surface area contributed by atoms with E-state index in [9.17, 15) is 0 Å². The van der Waals surface area contributed by atoms with Crippen molar-refractivity contribution in [3.63, 3.8) is 0 Å². The van der Waals surface area contributed by atoms with Crippen LogP contribution >= 0.6 is 0 Å². The molecule has 0 radical (unpaired) electrons. The lowest BCUT2D eigenvalue weighted by Crippen LogP contribution is -2.35. The second kappa shape index (κ2) is 11.3. The average molecular weight is 623 g/mol. The Balaban J connectivity index is 1.43. The molecule has 3 heterocycles. The van der Waals surface area contributed by atoms with Crippen LogP contribution in [0.5, 0.6) is 0 Å². The Kier molecular flexibility index (Phi) is 6.79. The van der Waals surface area contributed by atoms with Gasteiger partial charge in [-0.3, -0.25) is 4.57 Å². The maximum Gasteiger partial charge on any atom is 0.235 e. The summed E-state index contributed by atoms with van der Waals surface area (Å²) in [7, 11) is 0. The summed E-state index contributed by atoms with van der Waals surface area (Å²) in [5.74, 6) is 1.14. The number of rotatable bonds is 5. The van der Waals surface area contributed by atoms with Crippen molar-refractivity contribution in [2.75, 3.05) is 4.90 Å². The molecule has 0 spiro atoms. The van der Waals surface area contributed by atoms with Crippen LogP contribution in [0.25, 0.3) is 44.2 Å². The van der Waals surface area contributed by atoms with Gasteiger partial charge in [0.2, 0.25) is 5.95 Å². The summed E-state index contributed by atoms with van der Waals surface area (Å²) >= 11 is 0. The molecule has 6 aromatic rings. The molecule has 2 aromatic heterocycles. The third-order valence-corrected chi connectivity index (χ3v) is 10.5. The highest BCUT2D eigenvalue weighted by molar-refractivity contribution is 6.11. The van der Waals surface area contributed by atoms with E-state index in [2.05, 4.69) is 157 Å². The number of nitrogens with zero attached hydrogens (tertiary/aromatic N) is 4. The van der Waals surface area contributed by atoms with Gasteiger partial charge in [-0.1, -0.05) is 115 Å². The first-order valence-electron chi connectivity index (χ1n) is 17.1. The minimum absolute atomic E-state index is 0.180. The molecule has 4 aromatic carbocycles. The fourth-order valence-electron chi connectivity index (χ4n) is 8.48. The molecular formula is C44H38N4. The van der Waals surface area contributed by atoms with Gasteiger partial charge in [0.25, 0.3) is 0 Å². The molecule has 3 aliphatic rings. The SMILES string of the molecule is C=C(C)C1=C(c2c(C)c3c4ccccc4ccc3n2-c2nc(C3C=CC=CC3)c3ccccc3n2)N(c2ccccc2)C2CCC=CC12. The zero-order chi connectivity index (χ0) is 32.4. The van der Waals surface area contributed by atoms with Gasteiger partial charge < -0.3 is 4.90 Å². The zero-order valence-corrected chi connectivity index (χ0v) is 27.5. The Morgan fingerprint density at radius 1 is 0.812 bits per heavy atom. The number of para-hydroxylation sites is 2. The van der Waals surface area contributed by atoms with Crippen LogP contribution in [-0.2, 0) is 0 Å². The van der Waals surface area contributed by atoms with Crippen LogP contribution in [0.1, 0.15) is 49.1 Å². The normalized spacial score (nSPS) is 20.4. The van der Waals surface area contributed by atoms with Crippen molar-refractivity contribution in [2.24, 2.45) is 5.92 Å². The van der Waals surface area contributed by atoms with Gasteiger partial charge in [-0.2, -0.15) is 0 Å². The van der Waals surface area contributed by atoms with Crippen molar-refractivity contribution in [1.29, 1.82) is 0 Å². The number of benzene rings is 4. The van der Waals surface area contributed by atoms with Crippen LogP contribution in [0.15, 0.2) is 145 Å². The number of allylic oxidation sites excluding steroid dienone is 6. The molecule has 234 valence electrons. The summed E-state index contributed by atoms with van der Waals surface area (Å²) in [4.78, 5) is 13.5. The number of hydrogen-bond acceptors (Lipinski definition) is 3. The zero-order valence-electron chi connectivity index (χ0n) is 27.5. The summed E-state index contributed by atoms with van der Waals surface area (Å²) in [5, 5.41) is 4.83. The van der Waals surface area contributed by atoms with Crippen LogP contribution in [-0.4, -0.2) is 20.6 Å². The van der Waals surface area contributed by atoms with E-state index >= 15 is 0 Å². The molecule has 4 heteroatoms. The Morgan fingerprint density at radius 3 is 2.42 bits per heavy atom. The largest absolute Gasteiger partial charge is 0.335 e. The standard InChI is InChI=1S/C44H38N4/c1-28(2)39-35-23-13-15-25-37(35)47(32-19-8-5-9-20-32)43(39)42-29(3)40-33-21-11-10-16-30(33)26-27-38(40)48(42)44-45-36-24-14-12-22-34(36)41(46-44)31-17-6-4-7-18-31/h4-14,16-17,19-24,26-27,31,35,37H,1,15,18,25H2,2-3H3. The van der Waals surface area contributed by atoms with Gasteiger partial charge in [0.15, 0.2) is 0 Å². The van der Waals surface area contributed by atoms with Crippen molar-refractivity contribution in [3.8, 4) is 5.95 Å². The summed E-state index contributed by atoms with van der Waals surface area (Å²) in [6, 6.07) is 32.9. The molecule has 0 fully saturated rings. The summed E-state index contributed by atoms with van der Waals surface area (Å²) in [6.45, 7) is 9.08. The quantitative estimate of drug-likeness (QED) is 0.179. The molecule has 1 aliphatic heterocycles. The van der Waals surface area contributed by atoms with E-state index in [4.69, 9.17) is 9.97 Å². The maximum absolute atomic E-state index is 5.52. The number of anilines is 1. The van der Waals surface area contributed by atoms with Crippen molar-refractivity contribution >= 4 is 44.0 Å². The van der Waals surface area contributed by atoms with Gasteiger partial charge in [0.1, 0.15) is 0 Å². The summed E-state index contributed by atoms with van der Waals surface area (Å²) < 4.78 is 2.37. The topological polar surface area (TPSA) is 34.0 Å². The van der Waals surface area contributed by atoms with Crippen molar-refractivity contribution in [1.82, 2.24) is 14.5 Å². The number of aromatic nitrogens is 3. The monoisotopic (exact) mass is 622 g/mol. The third-order valence-electron chi connectivity index (χ3n) is 10.5. The number of hydrogen-bond donors (Lipinski definition) is 0. The Morgan fingerprint density at radius 2 is 1.60 bits per heavy atom. The van der Waals surface area contributed by atoms with Gasteiger partial charge >= 0.3 is 0 Å². The predicted octanol–water partition coefficient (Wildman–Crippen LogP) is 10.8. The molecular weight excluding hydrogens is 585 g/mol. The maximum atomic E-state index is 5.52. The highest BCUT2D eigenvalue weighted by Gasteiger charge is 2.43. The second-order valence-corrected chi connectivity index (χ2v) is 13.4. The first kappa shape index (κ1) is 28.7. The van der Waals surface area contributed by atoms with Crippen molar-refractivity contribution in [2.45, 2.75) is 45.1 Å². The summed E-state index contributed by atoms with van der Waals surface area (Å²) in [5.41, 5.74) is 10.4. The van der Waals surface area contributed by atoms with Gasteiger partial charge in [0, 0.05) is 34.3 Å². The molecule has 0 bridgehead atoms. The molecule has 3 atom stereocenters. The second-order valence-electron chi connectivity index (χ2n) is 13.4. The molecule has 3 unspecified atom stereocenters. The van der Waals surface area contributed by atoms with E-state index in [1.807, 2.05) is 0 Å². The summed E-state index contributed by atoms with van der Waals surface area (Å²) in [6.07, 6.45) is 16.6. The molecule has 0 N–H and O–H groups in total. The van der Waals surface area contributed by atoms with E-state index in [0.29, 0.717) is 12.0 Å². The minimum Gasteiger partial charge on any atom is -0.335 e.